The van der Waals surface area contributed by atoms with Gasteiger partial charge in [0.25, 0.3) is 0 Å². The van der Waals surface area contributed by atoms with E-state index in [0.29, 0.717) is 5.75 Å². The topological polar surface area (TPSA) is 20.2 Å². The molecule has 0 aromatic heterocycles. The molecule has 1 unspecified atom stereocenters. The molecule has 11 heavy (non-hydrogen) atoms. The van der Waals surface area contributed by atoms with E-state index in [2.05, 4.69) is 0 Å². The number of rotatable bonds is 2. The highest BCUT2D eigenvalue weighted by atomic mass is 32.1. The molecule has 0 radical (unpaired) electrons. The zero-order valence-corrected chi connectivity index (χ0v) is 7.14. The van der Waals surface area contributed by atoms with Crippen LogP contribution in [0.3, 0.4) is 0 Å². The van der Waals surface area contributed by atoms with E-state index in [-0.39, 0.29) is 5.92 Å². The van der Waals surface area contributed by atoms with Gasteiger partial charge in [0.05, 0.1) is 0 Å². The maximum atomic E-state index is 8.97. The standard InChI is InChI=1S/C9H10OS/c1-7(6-11)8-2-4-9(10)5-3-8/h2-7,10H,1H3. The van der Waals surface area contributed by atoms with Crippen molar-refractivity contribution >= 4 is 17.6 Å². The van der Waals surface area contributed by atoms with Crippen molar-refractivity contribution in [1.82, 2.24) is 0 Å². The SMILES string of the molecule is CC(C=S)c1ccc(O)cc1. The summed E-state index contributed by atoms with van der Waals surface area (Å²) in [5.41, 5.74) is 1.14. The summed E-state index contributed by atoms with van der Waals surface area (Å²) in [5, 5.41) is 10.7. The van der Waals surface area contributed by atoms with Crippen LogP contribution < -0.4 is 0 Å². The van der Waals surface area contributed by atoms with Crippen LogP contribution in [-0.2, 0) is 0 Å². The van der Waals surface area contributed by atoms with Crippen LogP contribution in [0.2, 0.25) is 0 Å². The number of benzene rings is 1. The minimum absolute atomic E-state index is 0.283. The van der Waals surface area contributed by atoms with Gasteiger partial charge in [0, 0.05) is 5.92 Å². The second kappa shape index (κ2) is 3.49. The fraction of sp³-hybridized carbons (Fsp3) is 0.222. The lowest BCUT2D eigenvalue weighted by Crippen LogP contribution is -1.91. The van der Waals surface area contributed by atoms with Crippen LogP contribution in [0.5, 0.6) is 5.75 Å². The van der Waals surface area contributed by atoms with Crippen LogP contribution >= 0.6 is 12.2 Å². The second-order valence-electron chi connectivity index (χ2n) is 2.52. The summed E-state index contributed by atoms with van der Waals surface area (Å²) in [6, 6.07) is 7.10. The molecule has 0 heterocycles. The quantitative estimate of drug-likeness (QED) is 0.681. The summed E-state index contributed by atoms with van der Waals surface area (Å²) >= 11 is 4.80. The number of thiocarbonyl (C=S) groups is 1. The summed E-state index contributed by atoms with van der Waals surface area (Å²) in [5.74, 6) is 0.580. The van der Waals surface area contributed by atoms with Crippen molar-refractivity contribution in [2.45, 2.75) is 12.8 Å². The number of hydrogen-bond acceptors (Lipinski definition) is 2. The van der Waals surface area contributed by atoms with Crippen LogP contribution in [0, 0.1) is 0 Å². The molecule has 1 N–H and O–H groups in total. The Morgan fingerprint density at radius 1 is 1.36 bits per heavy atom. The summed E-state index contributed by atoms with van der Waals surface area (Å²) in [4.78, 5) is 0. The van der Waals surface area contributed by atoms with Gasteiger partial charge >= 0.3 is 0 Å². The Morgan fingerprint density at radius 3 is 2.36 bits per heavy atom. The van der Waals surface area contributed by atoms with Gasteiger partial charge in [-0.25, -0.2) is 0 Å². The van der Waals surface area contributed by atoms with Crippen molar-refractivity contribution < 1.29 is 5.11 Å². The molecule has 1 atom stereocenters. The molecule has 58 valence electrons. The van der Waals surface area contributed by atoms with Gasteiger partial charge in [0.15, 0.2) is 0 Å². The molecule has 0 saturated heterocycles. The minimum Gasteiger partial charge on any atom is -0.508 e. The van der Waals surface area contributed by atoms with E-state index >= 15 is 0 Å². The average Bonchev–Trinajstić information content (AvgIpc) is 2.05. The largest absolute Gasteiger partial charge is 0.508 e. The fourth-order valence-corrected chi connectivity index (χ4v) is 1.01. The Kier molecular flexibility index (Phi) is 2.60. The number of aromatic hydroxyl groups is 1. The van der Waals surface area contributed by atoms with E-state index in [1.54, 1.807) is 17.5 Å². The van der Waals surface area contributed by atoms with Gasteiger partial charge in [-0.1, -0.05) is 31.3 Å². The molecule has 0 spiro atoms. The zero-order chi connectivity index (χ0) is 8.27. The van der Waals surface area contributed by atoms with Crippen LogP contribution in [0.15, 0.2) is 24.3 Å². The van der Waals surface area contributed by atoms with Crippen LogP contribution in [-0.4, -0.2) is 10.5 Å². The molecule has 1 aromatic carbocycles. The van der Waals surface area contributed by atoms with Crippen LogP contribution in [0.4, 0.5) is 0 Å². The number of phenolic OH excluding ortho intramolecular Hbond substituents is 1. The molecule has 1 rings (SSSR count). The molecule has 1 aromatic rings. The monoisotopic (exact) mass is 166 g/mol. The molecule has 0 aliphatic rings. The summed E-state index contributed by atoms with van der Waals surface area (Å²) < 4.78 is 0. The highest BCUT2D eigenvalue weighted by molar-refractivity contribution is 7.79. The van der Waals surface area contributed by atoms with Crippen molar-refractivity contribution in [3.63, 3.8) is 0 Å². The highest BCUT2D eigenvalue weighted by Gasteiger charge is 1.99. The lowest BCUT2D eigenvalue weighted by molar-refractivity contribution is 0.475. The van der Waals surface area contributed by atoms with E-state index < -0.39 is 0 Å². The summed E-state index contributed by atoms with van der Waals surface area (Å²) in [7, 11) is 0. The Balaban J connectivity index is 2.89. The van der Waals surface area contributed by atoms with Crippen LogP contribution in [0.1, 0.15) is 18.4 Å². The predicted octanol–water partition coefficient (Wildman–Crippen LogP) is 2.50. The Bertz CT molecular complexity index is 240. The lowest BCUT2D eigenvalue weighted by atomic mass is 10.0. The van der Waals surface area contributed by atoms with Gasteiger partial charge in [-0.3, -0.25) is 0 Å². The van der Waals surface area contributed by atoms with Crippen LogP contribution in [0.25, 0.3) is 0 Å². The first-order chi connectivity index (χ1) is 5.24. The number of phenols is 1. The Labute approximate surface area is 71.7 Å². The van der Waals surface area contributed by atoms with E-state index in [0.717, 1.165) is 5.56 Å². The highest BCUT2D eigenvalue weighted by Crippen LogP contribution is 2.16. The molecule has 0 bridgehead atoms. The Morgan fingerprint density at radius 2 is 1.91 bits per heavy atom. The first kappa shape index (κ1) is 8.21. The Hall–Kier alpha value is -0.890. The molecular weight excluding hydrogens is 156 g/mol. The predicted molar refractivity (Wildman–Crippen MR) is 50.2 cm³/mol. The van der Waals surface area contributed by atoms with E-state index in [4.69, 9.17) is 17.3 Å². The molecule has 0 fully saturated rings. The first-order valence-corrected chi connectivity index (χ1v) is 3.95. The normalized spacial score (nSPS) is 12.5. The smallest absolute Gasteiger partial charge is 0.115 e. The molecule has 1 nitrogen and oxygen atoms in total. The third-order valence-corrected chi connectivity index (χ3v) is 2.03. The molecule has 0 aliphatic carbocycles. The molecule has 0 saturated carbocycles. The minimum atomic E-state index is 0.283. The van der Waals surface area contributed by atoms with Crippen molar-refractivity contribution in [3.8, 4) is 5.75 Å². The van der Waals surface area contributed by atoms with Gasteiger partial charge in [0.1, 0.15) is 5.75 Å². The summed E-state index contributed by atoms with van der Waals surface area (Å²) in [6.45, 7) is 2.03. The average molecular weight is 166 g/mol. The lowest BCUT2D eigenvalue weighted by Gasteiger charge is -2.03. The summed E-state index contributed by atoms with van der Waals surface area (Å²) in [6.07, 6.45) is 0. The van der Waals surface area contributed by atoms with Gasteiger partial charge in [0.2, 0.25) is 0 Å². The van der Waals surface area contributed by atoms with Crippen molar-refractivity contribution in [3.05, 3.63) is 29.8 Å². The van der Waals surface area contributed by atoms with Crippen molar-refractivity contribution in [2.75, 3.05) is 0 Å². The zero-order valence-electron chi connectivity index (χ0n) is 6.32. The molecular formula is C9H10OS. The van der Waals surface area contributed by atoms with E-state index in [1.165, 1.54) is 0 Å². The maximum Gasteiger partial charge on any atom is 0.115 e. The van der Waals surface area contributed by atoms with Gasteiger partial charge in [-0.15, -0.1) is 0 Å². The third kappa shape index (κ3) is 2.02. The van der Waals surface area contributed by atoms with Gasteiger partial charge in [-0.05, 0) is 23.1 Å². The van der Waals surface area contributed by atoms with E-state index in [1.807, 2.05) is 19.1 Å². The second-order valence-corrected chi connectivity index (χ2v) is 2.79. The fourth-order valence-electron chi connectivity index (χ4n) is 0.856. The molecule has 2 heteroatoms. The van der Waals surface area contributed by atoms with E-state index in [9.17, 15) is 0 Å². The maximum absolute atomic E-state index is 8.97. The molecule has 0 amide bonds. The number of hydrogen-bond donors (Lipinski definition) is 1. The van der Waals surface area contributed by atoms with Crippen molar-refractivity contribution in [2.24, 2.45) is 0 Å². The molecule has 0 aliphatic heterocycles. The van der Waals surface area contributed by atoms with Gasteiger partial charge in [-0.2, -0.15) is 0 Å². The van der Waals surface area contributed by atoms with Crippen molar-refractivity contribution in [1.29, 1.82) is 0 Å². The van der Waals surface area contributed by atoms with Gasteiger partial charge < -0.3 is 5.11 Å². The first-order valence-electron chi connectivity index (χ1n) is 3.48. The third-order valence-electron chi connectivity index (χ3n) is 1.62.